The predicted octanol–water partition coefficient (Wildman–Crippen LogP) is 0.693. The van der Waals surface area contributed by atoms with E-state index in [-0.39, 0.29) is 12.1 Å². The molecule has 0 saturated carbocycles. The molecule has 1 aliphatic rings. The van der Waals surface area contributed by atoms with Gasteiger partial charge in [0.05, 0.1) is 5.92 Å². The fourth-order valence-electron chi connectivity index (χ4n) is 2.50. The van der Waals surface area contributed by atoms with Gasteiger partial charge in [-0.05, 0) is 12.8 Å². The van der Waals surface area contributed by atoms with Crippen LogP contribution in [0.2, 0.25) is 0 Å². The molecule has 0 bridgehead atoms. The van der Waals surface area contributed by atoms with Crippen molar-refractivity contribution < 1.29 is 14.7 Å². The van der Waals surface area contributed by atoms with Crippen LogP contribution >= 0.6 is 11.3 Å². The number of thiazole rings is 1. The minimum atomic E-state index is -0.907. The number of hydrogen-bond donors (Lipinski definition) is 1. The Balaban J connectivity index is 1.91. The van der Waals surface area contributed by atoms with Crippen LogP contribution < -0.4 is 5.56 Å². The highest BCUT2D eigenvalue weighted by Crippen LogP contribution is 2.18. The van der Waals surface area contributed by atoms with E-state index in [9.17, 15) is 14.4 Å². The number of nitrogens with zero attached hydrogens (tertiary/aromatic N) is 3. The molecule has 1 N–H and O–H groups in total. The molecule has 2 aromatic heterocycles. The molecular weight excluding hydrogens is 294 g/mol. The number of rotatable bonds is 2. The number of carboxylic acids is 1. The summed E-state index contributed by atoms with van der Waals surface area (Å²) in [4.78, 5) is 41.8. The fourth-order valence-corrected chi connectivity index (χ4v) is 3.18. The molecule has 21 heavy (non-hydrogen) atoms. The van der Waals surface area contributed by atoms with Crippen LogP contribution in [0.25, 0.3) is 4.96 Å². The molecule has 7 nitrogen and oxygen atoms in total. The van der Waals surface area contributed by atoms with E-state index >= 15 is 0 Å². The van der Waals surface area contributed by atoms with Gasteiger partial charge in [-0.2, -0.15) is 0 Å². The Morgan fingerprint density at radius 3 is 3.00 bits per heavy atom. The van der Waals surface area contributed by atoms with Crippen molar-refractivity contribution in [2.75, 3.05) is 13.1 Å². The molecular formula is C13H13N3O4S. The first-order chi connectivity index (χ1) is 10.1. The van der Waals surface area contributed by atoms with Gasteiger partial charge in [-0.3, -0.25) is 18.8 Å². The Bertz CT molecular complexity index is 766. The summed E-state index contributed by atoms with van der Waals surface area (Å²) in [6.45, 7) is 0.605. The Morgan fingerprint density at radius 2 is 2.24 bits per heavy atom. The van der Waals surface area contributed by atoms with Gasteiger partial charge in [0.15, 0.2) is 4.96 Å². The van der Waals surface area contributed by atoms with Crippen LogP contribution in [0, 0.1) is 5.92 Å². The van der Waals surface area contributed by atoms with Gasteiger partial charge in [-0.15, -0.1) is 11.3 Å². The molecule has 0 spiro atoms. The maximum Gasteiger partial charge on any atom is 0.308 e. The van der Waals surface area contributed by atoms with E-state index in [0.717, 1.165) is 0 Å². The lowest BCUT2D eigenvalue weighted by Crippen LogP contribution is -2.44. The SMILES string of the molecule is O=C(O)[C@@H]1CCCN(C(=O)c2cnc3sccn3c2=O)C1. The van der Waals surface area contributed by atoms with Gasteiger partial charge in [0, 0.05) is 30.9 Å². The van der Waals surface area contributed by atoms with Crippen molar-refractivity contribution in [3.8, 4) is 0 Å². The number of amides is 1. The smallest absolute Gasteiger partial charge is 0.308 e. The summed E-state index contributed by atoms with van der Waals surface area (Å²) < 4.78 is 1.33. The summed E-state index contributed by atoms with van der Waals surface area (Å²) in [5.41, 5.74) is -0.430. The average Bonchev–Trinajstić information content (AvgIpc) is 2.96. The maximum absolute atomic E-state index is 12.4. The topological polar surface area (TPSA) is 92.0 Å². The molecule has 0 radical (unpaired) electrons. The summed E-state index contributed by atoms with van der Waals surface area (Å²) in [7, 11) is 0. The van der Waals surface area contributed by atoms with Gasteiger partial charge in [0.25, 0.3) is 11.5 Å². The third kappa shape index (κ3) is 2.42. The molecule has 3 rings (SSSR count). The quantitative estimate of drug-likeness (QED) is 0.881. The molecule has 1 saturated heterocycles. The number of piperidine rings is 1. The van der Waals surface area contributed by atoms with E-state index in [0.29, 0.717) is 24.3 Å². The predicted molar refractivity (Wildman–Crippen MR) is 75.6 cm³/mol. The van der Waals surface area contributed by atoms with Crippen LogP contribution in [0.15, 0.2) is 22.6 Å². The minimum Gasteiger partial charge on any atom is -0.481 e. The van der Waals surface area contributed by atoms with E-state index in [2.05, 4.69) is 4.98 Å². The van der Waals surface area contributed by atoms with Crippen molar-refractivity contribution in [3.05, 3.63) is 33.7 Å². The molecule has 8 heteroatoms. The molecule has 1 amide bonds. The average molecular weight is 307 g/mol. The van der Waals surface area contributed by atoms with Crippen LogP contribution in [0.5, 0.6) is 0 Å². The maximum atomic E-state index is 12.4. The standard InChI is InChI=1S/C13H13N3O4S/c17-10(15-3-1-2-8(7-15)12(19)20)9-6-14-13-16(11(9)18)4-5-21-13/h4-6,8H,1-3,7H2,(H,19,20)/t8-/m1/s1. The third-order valence-corrected chi connectivity index (χ3v) is 4.40. The lowest BCUT2D eigenvalue weighted by Gasteiger charge is -2.30. The van der Waals surface area contributed by atoms with E-state index in [1.54, 1.807) is 11.6 Å². The Kier molecular flexibility index (Phi) is 3.46. The van der Waals surface area contributed by atoms with E-state index in [4.69, 9.17) is 5.11 Å². The summed E-state index contributed by atoms with van der Waals surface area (Å²) in [6, 6.07) is 0. The van der Waals surface area contributed by atoms with Crippen molar-refractivity contribution in [3.63, 3.8) is 0 Å². The molecule has 1 fully saturated rings. The Labute approximate surface area is 123 Å². The van der Waals surface area contributed by atoms with Crippen molar-refractivity contribution >= 4 is 28.2 Å². The van der Waals surface area contributed by atoms with Crippen molar-refractivity contribution in [2.45, 2.75) is 12.8 Å². The minimum absolute atomic E-state index is 0.0167. The first-order valence-electron chi connectivity index (χ1n) is 6.55. The summed E-state index contributed by atoms with van der Waals surface area (Å²) in [5, 5.41) is 10.8. The highest BCUT2D eigenvalue weighted by Gasteiger charge is 2.30. The second kappa shape index (κ2) is 5.28. The molecule has 0 unspecified atom stereocenters. The van der Waals surface area contributed by atoms with Crippen LogP contribution in [-0.2, 0) is 4.79 Å². The van der Waals surface area contributed by atoms with Crippen LogP contribution in [0.3, 0.4) is 0 Å². The fraction of sp³-hybridized carbons (Fsp3) is 0.385. The van der Waals surface area contributed by atoms with Crippen molar-refractivity contribution in [1.82, 2.24) is 14.3 Å². The van der Waals surface area contributed by atoms with Gasteiger partial charge < -0.3 is 10.0 Å². The summed E-state index contributed by atoms with van der Waals surface area (Å²) in [5.74, 6) is -1.92. The Morgan fingerprint density at radius 1 is 1.43 bits per heavy atom. The first kappa shape index (κ1) is 13.7. The summed E-state index contributed by atoms with van der Waals surface area (Å²) in [6.07, 6.45) is 4.03. The van der Waals surface area contributed by atoms with Crippen LogP contribution in [0.4, 0.5) is 0 Å². The number of hydrogen-bond acceptors (Lipinski definition) is 5. The van der Waals surface area contributed by atoms with Gasteiger partial charge in [-0.1, -0.05) is 0 Å². The second-order valence-corrected chi connectivity index (χ2v) is 5.83. The zero-order chi connectivity index (χ0) is 15.0. The van der Waals surface area contributed by atoms with E-state index in [1.165, 1.54) is 26.8 Å². The highest BCUT2D eigenvalue weighted by atomic mass is 32.1. The number of likely N-dealkylation sites (tertiary alicyclic amines) is 1. The Hall–Kier alpha value is -2.22. The monoisotopic (exact) mass is 307 g/mol. The molecule has 1 aliphatic heterocycles. The van der Waals surface area contributed by atoms with Crippen LogP contribution in [-0.4, -0.2) is 44.4 Å². The molecule has 0 aliphatic carbocycles. The largest absolute Gasteiger partial charge is 0.481 e. The molecule has 1 atom stereocenters. The van der Waals surface area contributed by atoms with Gasteiger partial charge >= 0.3 is 5.97 Å². The van der Waals surface area contributed by atoms with Crippen molar-refractivity contribution in [2.24, 2.45) is 5.92 Å². The normalized spacial score (nSPS) is 18.9. The number of aliphatic carboxylic acids is 1. The van der Waals surface area contributed by atoms with Gasteiger partial charge in [0.2, 0.25) is 0 Å². The molecule has 3 heterocycles. The van der Waals surface area contributed by atoms with Gasteiger partial charge in [0.1, 0.15) is 5.56 Å². The van der Waals surface area contributed by atoms with Gasteiger partial charge in [-0.25, -0.2) is 4.98 Å². The zero-order valence-electron chi connectivity index (χ0n) is 11.1. The zero-order valence-corrected chi connectivity index (χ0v) is 11.9. The first-order valence-corrected chi connectivity index (χ1v) is 7.43. The molecule has 2 aromatic rings. The highest BCUT2D eigenvalue weighted by molar-refractivity contribution is 7.15. The lowest BCUT2D eigenvalue weighted by atomic mass is 9.98. The lowest BCUT2D eigenvalue weighted by molar-refractivity contribution is -0.143. The number of fused-ring (bicyclic) bond motifs is 1. The van der Waals surface area contributed by atoms with E-state index < -0.39 is 23.4 Å². The van der Waals surface area contributed by atoms with Crippen LogP contribution in [0.1, 0.15) is 23.2 Å². The van der Waals surface area contributed by atoms with E-state index in [1.807, 2.05) is 0 Å². The summed E-state index contributed by atoms with van der Waals surface area (Å²) >= 11 is 1.31. The second-order valence-electron chi connectivity index (χ2n) is 4.96. The molecule has 110 valence electrons. The number of carbonyl (C=O) groups excluding carboxylic acids is 1. The number of carbonyl (C=O) groups is 2. The molecule has 0 aromatic carbocycles. The third-order valence-electron chi connectivity index (χ3n) is 3.63. The van der Waals surface area contributed by atoms with Crippen molar-refractivity contribution in [1.29, 1.82) is 0 Å². The number of carboxylic acid groups (broad SMARTS) is 1. The number of aromatic nitrogens is 2.